The highest BCUT2D eigenvalue weighted by atomic mass is 16.5. The minimum atomic E-state index is 0.510. The number of nitrogens with one attached hydrogen (secondary N) is 1. The third-order valence-corrected chi connectivity index (χ3v) is 5.37. The van der Waals surface area contributed by atoms with Crippen LogP contribution >= 0.6 is 0 Å². The molecule has 1 aliphatic heterocycles. The summed E-state index contributed by atoms with van der Waals surface area (Å²) in [7, 11) is 0. The van der Waals surface area contributed by atoms with Crippen molar-refractivity contribution >= 4 is 17.7 Å². The van der Waals surface area contributed by atoms with Crippen molar-refractivity contribution in [2.75, 3.05) is 36.5 Å². The molecule has 0 spiro atoms. The van der Waals surface area contributed by atoms with Crippen LogP contribution in [0.1, 0.15) is 11.1 Å². The SMILES string of the molecule is Cc1ccc(COc2ccc(-c3cc(Nc4ccnc(N5CCOCC5)n4)on3)cc2)cc1. The maximum atomic E-state index is 5.89. The lowest BCUT2D eigenvalue weighted by atomic mass is 10.1. The summed E-state index contributed by atoms with van der Waals surface area (Å²) >= 11 is 0. The second kappa shape index (κ2) is 9.70. The lowest BCUT2D eigenvalue weighted by Gasteiger charge is -2.26. The summed E-state index contributed by atoms with van der Waals surface area (Å²) in [6, 6.07) is 19.8. The molecule has 4 aromatic rings. The summed E-state index contributed by atoms with van der Waals surface area (Å²) in [5.41, 5.74) is 4.04. The van der Waals surface area contributed by atoms with Gasteiger partial charge in [-0.25, -0.2) is 4.98 Å². The van der Waals surface area contributed by atoms with Crippen molar-refractivity contribution < 1.29 is 14.0 Å². The molecule has 2 aromatic heterocycles. The molecule has 1 saturated heterocycles. The lowest BCUT2D eigenvalue weighted by Crippen LogP contribution is -2.37. The number of ether oxygens (including phenoxy) is 2. The van der Waals surface area contributed by atoms with E-state index in [1.165, 1.54) is 5.56 Å². The van der Waals surface area contributed by atoms with Gasteiger partial charge in [-0.2, -0.15) is 4.98 Å². The fourth-order valence-electron chi connectivity index (χ4n) is 3.50. The largest absolute Gasteiger partial charge is 0.489 e. The molecule has 0 saturated carbocycles. The van der Waals surface area contributed by atoms with Crippen LogP contribution in [0.3, 0.4) is 0 Å². The number of nitrogens with zero attached hydrogens (tertiary/aromatic N) is 4. The molecule has 1 aliphatic rings. The zero-order chi connectivity index (χ0) is 22.5. The summed E-state index contributed by atoms with van der Waals surface area (Å²) < 4.78 is 16.7. The predicted octanol–water partition coefficient (Wildman–Crippen LogP) is 4.60. The van der Waals surface area contributed by atoms with Crippen molar-refractivity contribution in [2.45, 2.75) is 13.5 Å². The molecular formula is C25H25N5O3. The molecule has 0 amide bonds. The van der Waals surface area contributed by atoms with E-state index in [9.17, 15) is 0 Å². The molecule has 5 rings (SSSR count). The Morgan fingerprint density at radius 3 is 2.58 bits per heavy atom. The second-order valence-electron chi connectivity index (χ2n) is 7.84. The molecule has 8 heteroatoms. The molecule has 1 fully saturated rings. The third-order valence-electron chi connectivity index (χ3n) is 5.37. The summed E-state index contributed by atoms with van der Waals surface area (Å²) in [5, 5.41) is 7.34. The van der Waals surface area contributed by atoms with E-state index in [-0.39, 0.29) is 0 Å². The van der Waals surface area contributed by atoms with Gasteiger partial charge in [-0.3, -0.25) is 0 Å². The van der Waals surface area contributed by atoms with Gasteiger partial charge in [0, 0.05) is 30.9 Å². The molecule has 0 radical (unpaired) electrons. The smallest absolute Gasteiger partial charge is 0.230 e. The third kappa shape index (κ3) is 5.30. The Kier molecular flexibility index (Phi) is 6.16. The van der Waals surface area contributed by atoms with Crippen molar-refractivity contribution in [3.8, 4) is 17.0 Å². The Morgan fingerprint density at radius 2 is 1.79 bits per heavy atom. The number of rotatable bonds is 7. The van der Waals surface area contributed by atoms with Crippen LogP contribution in [0.5, 0.6) is 5.75 Å². The molecule has 0 atom stereocenters. The Labute approximate surface area is 192 Å². The van der Waals surface area contributed by atoms with E-state index in [2.05, 4.69) is 56.5 Å². The normalized spacial score (nSPS) is 13.7. The number of hydrogen-bond donors (Lipinski definition) is 1. The fraction of sp³-hybridized carbons (Fsp3) is 0.240. The number of morpholine rings is 1. The van der Waals surface area contributed by atoms with E-state index in [0.29, 0.717) is 37.5 Å². The maximum absolute atomic E-state index is 5.89. The molecule has 0 unspecified atom stereocenters. The van der Waals surface area contributed by atoms with Crippen molar-refractivity contribution in [2.24, 2.45) is 0 Å². The van der Waals surface area contributed by atoms with Crippen LogP contribution in [-0.4, -0.2) is 41.4 Å². The molecule has 2 aromatic carbocycles. The Morgan fingerprint density at radius 1 is 1.00 bits per heavy atom. The first-order chi connectivity index (χ1) is 16.2. The van der Waals surface area contributed by atoms with Gasteiger partial charge in [0.15, 0.2) is 0 Å². The highest BCUT2D eigenvalue weighted by molar-refractivity contribution is 5.64. The molecule has 0 aliphatic carbocycles. The van der Waals surface area contributed by atoms with Gasteiger partial charge in [-0.05, 0) is 42.8 Å². The maximum Gasteiger partial charge on any atom is 0.230 e. The molecule has 1 N–H and O–H groups in total. The molecule has 3 heterocycles. The number of benzene rings is 2. The second-order valence-corrected chi connectivity index (χ2v) is 7.84. The van der Waals surface area contributed by atoms with E-state index in [1.807, 2.05) is 30.3 Å². The van der Waals surface area contributed by atoms with Gasteiger partial charge in [0.25, 0.3) is 0 Å². The van der Waals surface area contributed by atoms with Crippen LogP contribution in [0, 0.1) is 6.92 Å². The van der Waals surface area contributed by atoms with Gasteiger partial charge in [0.1, 0.15) is 23.9 Å². The number of aryl methyl sites for hydroxylation is 1. The summed E-state index contributed by atoms with van der Waals surface area (Å²) in [6.07, 6.45) is 1.73. The average Bonchev–Trinajstić information content (AvgIpc) is 3.33. The number of aromatic nitrogens is 3. The summed E-state index contributed by atoms with van der Waals surface area (Å²) in [4.78, 5) is 11.0. The van der Waals surface area contributed by atoms with Crippen LogP contribution in [0.4, 0.5) is 17.7 Å². The highest BCUT2D eigenvalue weighted by Crippen LogP contribution is 2.26. The van der Waals surface area contributed by atoms with E-state index in [1.54, 1.807) is 12.3 Å². The van der Waals surface area contributed by atoms with Crippen molar-refractivity contribution in [3.63, 3.8) is 0 Å². The number of anilines is 3. The molecular weight excluding hydrogens is 418 g/mol. The van der Waals surface area contributed by atoms with Gasteiger partial charge in [0.2, 0.25) is 11.8 Å². The topological polar surface area (TPSA) is 85.5 Å². The first-order valence-electron chi connectivity index (χ1n) is 10.9. The zero-order valence-corrected chi connectivity index (χ0v) is 18.4. The standard InChI is InChI=1S/C25H25N5O3/c1-18-2-4-19(5-3-18)17-32-21-8-6-20(7-9-21)22-16-24(33-29-22)27-23-10-11-26-25(28-23)30-12-14-31-15-13-30/h2-11,16H,12-15,17H2,1H3,(H,26,27,28). The van der Waals surface area contributed by atoms with Crippen molar-refractivity contribution in [1.82, 2.24) is 15.1 Å². The van der Waals surface area contributed by atoms with Crippen molar-refractivity contribution in [1.29, 1.82) is 0 Å². The molecule has 0 bridgehead atoms. The molecule has 33 heavy (non-hydrogen) atoms. The van der Waals surface area contributed by atoms with Crippen LogP contribution < -0.4 is 15.0 Å². The lowest BCUT2D eigenvalue weighted by molar-refractivity contribution is 0.122. The van der Waals surface area contributed by atoms with Gasteiger partial charge >= 0.3 is 0 Å². The first kappa shape index (κ1) is 21.0. The average molecular weight is 444 g/mol. The van der Waals surface area contributed by atoms with Crippen LogP contribution in [0.25, 0.3) is 11.3 Å². The van der Waals surface area contributed by atoms with Gasteiger partial charge in [-0.1, -0.05) is 35.0 Å². The summed E-state index contributed by atoms with van der Waals surface area (Å²) in [5.74, 6) is 2.63. The van der Waals surface area contributed by atoms with Crippen LogP contribution in [0.15, 0.2) is 71.4 Å². The van der Waals surface area contributed by atoms with Crippen molar-refractivity contribution in [3.05, 3.63) is 78.0 Å². The Bertz CT molecular complexity index is 1190. The quantitative estimate of drug-likeness (QED) is 0.444. The molecule has 168 valence electrons. The number of hydrogen-bond acceptors (Lipinski definition) is 8. The predicted molar refractivity (Wildman–Crippen MR) is 126 cm³/mol. The van der Waals surface area contributed by atoms with E-state index < -0.39 is 0 Å². The first-order valence-corrected chi connectivity index (χ1v) is 10.9. The zero-order valence-electron chi connectivity index (χ0n) is 18.4. The van der Waals surface area contributed by atoms with E-state index in [4.69, 9.17) is 14.0 Å². The van der Waals surface area contributed by atoms with Gasteiger partial charge < -0.3 is 24.2 Å². The van der Waals surface area contributed by atoms with Gasteiger partial charge in [0.05, 0.1) is 13.2 Å². The monoisotopic (exact) mass is 443 g/mol. The summed E-state index contributed by atoms with van der Waals surface area (Å²) in [6.45, 7) is 5.53. The Balaban J connectivity index is 1.21. The minimum Gasteiger partial charge on any atom is -0.489 e. The van der Waals surface area contributed by atoms with Crippen LogP contribution in [0.2, 0.25) is 0 Å². The van der Waals surface area contributed by atoms with Crippen LogP contribution in [-0.2, 0) is 11.3 Å². The van der Waals surface area contributed by atoms with Gasteiger partial charge in [-0.15, -0.1) is 0 Å². The fourth-order valence-corrected chi connectivity index (χ4v) is 3.50. The van der Waals surface area contributed by atoms with E-state index >= 15 is 0 Å². The Hall–Kier alpha value is -3.91. The minimum absolute atomic E-state index is 0.510. The highest BCUT2D eigenvalue weighted by Gasteiger charge is 2.15. The molecule has 8 nitrogen and oxygen atoms in total. The van der Waals surface area contributed by atoms with E-state index in [0.717, 1.165) is 35.7 Å².